The monoisotopic (exact) mass is 266 g/mol. The molecule has 1 heterocycles. The van der Waals surface area contributed by atoms with Gasteiger partial charge in [0.05, 0.1) is 0 Å². The van der Waals surface area contributed by atoms with Crippen LogP contribution in [0.1, 0.15) is 72.6 Å². The van der Waals surface area contributed by atoms with Crippen LogP contribution in [-0.2, 0) is 0 Å². The summed E-state index contributed by atoms with van der Waals surface area (Å²) in [4.78, 5) is 2.92. The van der Waals surface area contributed by atoms with Crippen LogP contribution in [0.4, 0.5) is 0 Å². The predicted octanol–water partition coefficient (Wildman–Crippen LogP) is 3.81. The molecule has 0 aromatic heterocycles. The first-order chi connectivity index (χ1) is 9.13. The molecule has 112 valence electrons. The van der Waals surface area contributed by atoms with E-state index in [-0.39, 0.29) is 0 Å². The molecule has 1 unspecified atom stereocenters. The van der Waals surface area contributed by atoms with Gasteiger partial charge in [-0.05, 0) is 31.6 Å². The van der Waals surface area contributed by atoms with E-state index in [1.807, 2.05) is 0 Å². The Balaban J connectivity index is 2.16. The number of hydrogen-bond acceptors (Lipinski definition) is 2. The van der Waals surface area contributed by atoms with E-state index >= 15 is 0 Å². The van der Waals surface area contributed by atoms with Crippen molar-refractivity contribution in [1.29, 1.82) is 0 Å². The van der Waals surface area contributed by atoms with E-state index in [1.54, 1.807) is 0 Å². The smallest absolute Gasteiger partial charge is 0.0337 e. The van der Waals surface area contributed by atoms with E-state index in [9.17, 15) is 0 Å². The molecule has 1 saturated heterocycles. The van der Waals surface area contributed by atoms with Crippen LogP contribution < -0.4 is 5.32 Å². The average molecular weight is 266 g/mol. The van der Waals surface area contributed by atoms with Gasteiger partial charge in [0.1, 0.15) is 0 Å². The molecule has 19 heavy (non-hydrogen) atoms. The molecule has 2 aliphatic rings. The standard InChI is InChI=1S/C17H34N2/c1-5-15(6-2)19-12-16(14(3)4)18-13-17(19)10-8-7-9-11-17/h14-16,18H,5-13H2,1-4H3. The summed E-state index contributed by atoms with van der Waals surface area (Å²) in [5.41, 5.74) is 0.486. The van der Waals surface area contributed by atoms with Gasteiger partial charge in [0, 0.05) is 30.7 Å². The third-order valence-corrected chi connectivity index (χ3v) is 5.67. The minimum absolute atomic E-state index is 0.486. The van der Waals surface area contributed by atoms with Crippen LogP contribution in [0.15, 0.2) is 0 Å². The van der Waals surface area contributed by atoms with E-state index in [0.717, 1.165) is 12.0 Å². The quantitative estimate of drug-likeness (QED) is 0.832. The lowest BCUT2D eigenvalue weighted by Crippen LogP contribution is -2.68. The molecule has 2 nitrogen and oxygen atoms in total. The van der Waals surface area contributed by atoms with Crippen molar-refractivity contribution in [3.8, 4) is 0 Å². The lowest BCUT2D eigenvalue weighted by molar-refractivity contribution is -0.0315. The largest absolute Gasteiger partial charge is 0.311 e. The molecule has 2 fully saturated rings. The number of piperazine rings is 1. The van der Waals surface area contributed by atoms with Crippen LogP contribution >= 0.6 is 0 Å². The van der Waals surface area contributed by atoms with Crippen LogP contribution in [0.25, 0.3) is 0 Å². The summed E-state index contributed by atoms with van der Waals surface area (Å²) in [6, 6.07) is 1.48. The summed E-state index contributed by atoms with van der Waals surface area (Å²) < 4.78 is 0. The zero-order valence-electron chi connectivity index (χ0n) is 13.5. The third-order valence-electron chi connectivity index (χ3n) is 5.67. The Morgan fingerprint density at radius 3 is 2.26 bits per heavy atom. The maximum atomic E-state index is 3.87. The lowest BCUT2D eigenvalue weighted by atomic mass is 9.76. The maximum absolute atomic E-state index is 3.87. The van der Waals surface area contributed by atoms with E-state index in [2.05, 4.69) is 37.9 Å². The van der Waals surface area contributed by atoms with Gasteiger partial charge in [-0.2, -0.15) is 0 Å². The van der Waals surface area contributed by atoms with Gasteiger partial charge in [0.15, 0.2) is 0 Å². The summed E-state index contributed by atoms with van der Waals surface area (Å²) >= 11 is 0. The second-order valence-corrected chi connectivity index (χ2v) is 7.14. The fourth-order valence-corrected chi connectivity index (χ4v) is 4.28. The van der Waals surface area contributed by atoms with Gasteiger partial charge in [-0.3, -0.25) is 4.90 Å². The molecule has 0 bridgehead atoms. The molecule has 0 amide bonds. The van der Waals surface area contributed by atoms with Crippen LogP contribution in [-0.4, -0.2) is 35.6 Å². The van der Waals surface area contributed by atoms with Crippen LogP contribution in [0.2, 0.25) is 0 Å². The van der Waals surface area contributed by atoms with Crippen molar-refractivity contribution in [2.45, 2.75) is 90.3 Å². The zero-order chi connectivity index (χ0) is 13.9. The average Bonchev–Trinajstić information content (AvgIpc) is 2.43. The summed E-state index contributed by atoms with van der Waals surface area (Å²) in [6.45, 7) is 12.0. The summed E-state index contributed by atoms with van der Waals surface area (Å²) in [6.07, 6.45) is 9.77. The van der Waals surface area contributed by atoms with Gasteiger partial charge >= 0.3 is 0 Å². The first-order valence-corrected chi connectivity index (χ1v) is 8.63. The highest BCUT2D eigenvalue weighted by molar-refractivity contribution is 5.02. The molecule has 1 saturated carbocycles. The fraction of sp³-hybridized carbons (Fsp3) is 1.00. The van der Waals surface area contributed by atoms with Gasteiger partial charge in [-0.1, -0.05) is 47.0 Å². The van der Waals surface area contributed by atoms with Crippen molar-refractivity contribution >= 4 is 0 Å². The molecule has 1 atom stereocenters. The number of hydrogen-bond donors (Lipinski definition) is 1. The van der Waals surface area contributed by atoms with Crippen molar-refractivity contribution < 1.29 is 0 Å². The predicted molar refractivity (Wildman–Crippen MR) is 83.5 cm³/mol. The van der Waals surface area contributed by atoms with Crippen molar-refractivity contribution in [1.82, 2.24) is 10.2 Å². The first kappa shape index (κ1) is 15.3. The minimum atomic E-state index is 0.486. The van der Waals surface area contributed by atoms with Crippen LogP contribution in [0.3, 0.4) is 0 Å². The van der Waals surface area contributed by atoms with E-state index in [1.165, 1.54) is 58.0 Å². The van der Waals surface area contributed by atoms with Gasteiger partial charge in [-0.15, -0.1) is 0 Å². The number of nitrogens with zero attached hydrogens (tertiary/aromatic N) is 1. The normalized spacial score (nSPS) is 28.4. The maximum Gasteiger partial charge on any atom is 0.0337 e. The Morgan fingerprint density at radius 1 is 1.11 bits per heavy atom. The number of rotatable bonds is 4. The molecule has 0 radical (unpaired) electrons. The van der Waals surface area contributed by atoms with Crippen molar-refractivity contribution in [2.75, 3.05) is 13.1 Å². The molecular weight excluding hydrogens is 232 g/mol. The van der Waals surface area contributed by atoms with Gasteiger partial charge < -0.3 is 5.32 Å². The topological polar surface area (TPSA) is 15.3 Å². The van der Waals surface area contributed by atoms with Gasteiger partial charge in [-0.25, -0.2) is 0 Å². The Morgan fingerprint density at radius 2 is 1.74 bits per heavy atom. The highest BCUT2D eigenvalue weighted by atomic mass is 15.3. The molecule has 1 N–H and O–H groups in total. The molecule has 0 aromatic rings. The molecule has 1 spiro atoms. The van der Waals surface area contributed by atoms with Crippen molar-refractivity contribution in [2.24, 2.45) is 5.92 Å². The van der Waals surface area contributed by atoms with Crippen molar-refractivity contribution in [3.05, 3.63) is 0 Å². The third kappa shape index (κ3) is 3.16. The Bertz CT molecular complexity index is 264. The van der Waals surface area contributed by atoms with E-state index in [4.69, 9.17) is 0 Å². The second kappa shape index (κ2) is 6.58. The lowest BCUT2D eigenvalue weighted by Gasteiger charge is -2.55. The highest BCUT2D eigenvalue weighted by Crippen LogP contribution is 2.38. The Hall–Kier alpha value is -0.0800. The molecular formula is C17H34N2. The van der Waals surface area contributed by atoms with Crippen molar-refractivity contribution in [3.63, 3.8) is 0 Å². The molecule has 2 rings (SSSR count). The Labute approximate surface area is 120 Å². The molecule has 1 aliphatic carbocycles. The zero-order valence-corrected chi connectivity index (χ0v) is 13.5. The van der Waals surface area contributed by atoms with E-state index < -0.39 is 0 Å². The Kier molecular flexibility index (Phi) is 5.30. The van der Waals surface area contributed by atoms with E-state index in [0.29, 0.717) is 11.6 Å². The summed E-state index contributed by atoms with van der Waals surface area (Å²) in [7, 11) is 0. The summed E-state index contributed by atoms with van der Waals surface area (Å²) in [5.74, 6) is 0.748. The number of nitrogens with one attached hydrogen (secondary N) is 1. The molecule has 0 aromatic carbocycles. The second-order valence-electron chi connectivity index (χ2n) is 7.14. The highest BCUT2D eigenvalue weighted by Gasteiger charge is 2.44. The first-order valence-electron chi connectivity index (χ1n) is 8.63. The van der Waals surface area contributed by atoms with Gasteiger partial charge in [0.2, 0.25) is 0 Å². The molecule has 2 heteroatoms. The van der Waals surface area contributed by atoms with Crippen LogP contribution in [0.5, 0.6) is 0 Å². The minimum Gasteiger partial charge on any atom is -0.311 e. The SMILES string of the molecule is CCC(CC)N1CC(C(C)C)NCC12CCCCC2. The van der Waals surface area contributed by atoms with Crippen LogP contribution in [0, 0.1) is 5.92 Å². The van der Waals surface area contributed by atoms with Gasteiger partial charge in [0.25, 0.3) is 0 Å². The molecule has 1 aliphatic heterocycles. The summed E-state index contributed by atoms with van der Waals surface area (Å²) in [5, 5.41) is 3.87. The fourth-order valence-electron chi connectivity index (χ4n) is 4.28.